The van der Waals surface area contributed by atoms with Crippen LogP contribution in [0, 0.1) is 0 Å². The van der Waals surface area contributed by atoms with Gasteiger partial charge < -0.3 is 10.3 Å². The zero-order valence-electron chi connectivity index (χ0n) is 13.8. The van der Waals surface area contributed by atoms with Crippen molar-refractivity contribution in [3.05, 3.63) is 71.4 Å². The molecule has 9 heteroatoms. The quantitative estimate of drug-likeness (QED) is 0.654. The number of rotatable bonds is 6. The largest absolute Gasteiger partial charge is 0.772 e. The molecule has 2 aromatic carbocycles. The molecule has 3 rings (SSSR count). The van der Waals surface area contributed by atoms with E-state index in [1.54, 1.807) is 36.4 Å². The Morgan fingerprint density at radius 3 is 2.30 bits per heavy atom. The van der Waals surface area contributed by atoms with E-state index in [9.17, 15) is 22.3 Å². The molecule has 1 amide bonds. The lowest BCUT2D eigenvalue weighted by molar-refractivity contribution is 0.1000. The summed E-state index contributed by atoms with van der Waals surface area (Å²) in [5.41, 5.74) is 7.17. The van der Waals surface area contributed by atoms with Crippen LogP contribution in [0.1, 0.15) is 28.0 Å². The van der Waals surface area contributed by atoms with Crippen LogP contribution in [-0.2, 0) is 16.8 Å². The normalized spacial score (nSPS) is 12.3. The first-order valence-electron chi connectivity index (χ1n) is 7.78. The van der Waals surface area contributed by atoms with Gasteiger partial charge in [-0.05, 0) is 35.9 Å². The van der Waals surface area contributed by atoms with Crippen molar-refractivity contribution < 1.29 is 22.3 Å². The van der Waals surface area contributed by atoms with Gasteiger partial charge >= 0.3 is 0 Å². The van der Waals surface area contributed by atoms with Gasteiger partial charge in [0, 0.05) is 16.9 Å². The molecule has 3 aromatic rings. The van der Waals surface area contributed by atoms with Crippen LogP contribution in [0.3, 0.4) is 0 Å². The van der Waals surface area contributed by atoms with Gasteiger partial charge in [0.05, 0.1) is 11.4 Å². The lowest BCUT2D eigenvalue weighted by Crippen LogP contribution is -2.11. The Kier molecular flexibility index (Phi) is 5.43. The van der Waals surface area contributed by atoms with Gasteiger partial charge in [0.25, 0.3) is 6.43 Å². The summed E-state index contributed by atoms with van der Waals surface area (Å²) >= 11 is -2.21. The monoisotopic (exact) mass is 390 g/mol. The smallest absolute Gasteiger partial charge is 0.282 e. The van der Waals surface area contributed by atoms with Crippen molar-refractivity contribution in [1.82, 2.24) is 9.78 Å². The number of hydrogen-bond acceptors (Lipinski definition) is 4. The highest BCUT2D eigenvalue weighted by Crippen LogP contribution is 2.28. The Morgan fingerprint density at radius 1 is 1.15 bits per heavy atom. The summed E-state index contributed by atoms with van der Waals surface area (Å²) in [5, 5.41) is 3.95. The van der Waals surface area contributed by atoms with E-state index in [-0.39, 0.29) is 11.3 Å². The number of benzene rings is 2. The van der Waals surface area contributed by atoms with Gasteiger partial charge in [-0.3, -0.25) is 9.00 Å². The lowest BCUT2D eigenvalue weighted by Gasteiger charge is -2.09. The first-order valence-corrected chi connectivity index (χ1v) is 9.03. The predicted molar refractivity (Wildman–Crippen MR) is 95.1 cm³/mol. The van der Waals surface area contributed by atoms with Crippen molar-refractivity contribution in [3.8, 4) is 16.9 Å². The summed E-state index contributed by atoms with van der Waals surface area (Å²) < 4.78 is 49.2. The number of nitrogens with two attached hydrogens (primary N) is 1. The van der Waals surface area contributed by atoms with Gasteiger partial charge in [0.2, 0.25) is 5.91 Å². The molecule has 1 atom stereocenters. The second-order valence-electron chi connectivity index (χ2n) is 5.72. The van der Waals surface area contributed by atoms with Crippen molar-refractivity contribution in [1.29, 1.82) is 0 Å². The molecule has 1 unspecified atom stereocenters. The van der Waals surface area contributed by atoms with E-state index in [4.69, 9.17) is 5.73 Å². The molecule has 2 N–H and O–H groups in total. The van der Waals surface area contributed by atoms with Crippen molar-refractivity contribution in [2.24, 2.45) is 5.73 Å². The molecule has 0 aliphatic rings. The highest BCUT2D eigenvalue weighted by molar-refractivity contribution is 7.78. The average Bonchev–Trinajstić information content (AvgIpc) is 3.07. The molecule has 6 nitrogen and oxygen atoms in total. The van der Waals surface area contributed by atoms with E-state index in [2.05, 4.69) is 5.10 Å². The zero-order valence-corrected chi connectivity index (χ0v) is 14.7. The summed E-state index contributed by atoms with van der Waals surface area (Å²) in [7, 11) is 0. The molecule has 0 saturated carbocycles. The van der Waals surface area contributed by atoms with Crippen molar-refractivity contribution in [2.45, 2.75) is 12.2 Å². The topological polar surface area (TPSA) is 101 Å². The van der Waals surface area contributed by atoms with Crippen LogP contribution < -0.4 is 5.73 Å². The van der Waals surface area contributed by atoms with Crippen molar-refractivity contribution in [3.63, 3.8) is 0 Å². The van der Waals surface area contributed by atoms with Crippen LogP contribution in [0.25, 0.3) is 16.9 Å². The molecule has 0 bridgehead atoms. The summed E-state index contributed by atoms with van der Waals surface area (Å²) in [6.07, 6.45) is -2.75. The minimum atomic E-state index is -2.75. The molecular weight excluding hydrogens is 376 g/mol. The highest BCUT2D eigenvalue weighted by atomic mass is 32.2. The second kappa shape index (κ2) is 7.77. The SMILES string of the molecule is NC(=O)c1ccc(-n2nc(C(F)F)cc2-c2ccc(CS(=O)[O-])cc2)cc1. The molecule has 140 valence electrons. The summed E-state index contributed by atoms with van der Waals surface area (Å²) in [6.45, 7) is 0. The summed E-state index contributed by atoms with van der Waals surface area (Å²) in [5.74, 6) is -0.724. The average molecular weight is 390 g/mol. The number of carbonyl (C=O) groups excluding carboxylic acids is 1. The van der Waals surface area contributed by atoms with Gasteiger partial charge in [-0.25, -0.2) is 13.5 Å². The molecule has 0 spiro atoms. The van der Waals surface area contributed by atoms with E-state index < -0.39 is 29.1 Å². The van der Waals surface area contributed by atoms with Gasteiger partial charge in [-0.15, -0.1) is 0 Å². The Balaban J connectivity index is 2.04. The number of aromatic nitrogens is 2. The summed E-state index contributed by atoms with van der Waals surface area (Å²) in [6, 6.07) is 13.9. The predicted octanol–water partition coefficient (Wildman–Crippen LogP) is 2.95. The van der Waals surface area contributed by atoms with Crippen molar-refractivity contribution in [2.75, 3.05) is 0 Å². The van der Waals surface area contributed by atoms with Crippen molar-refractivity contribution >= 4 is 17.0 Å². The molecule has 0 saturated heterocycles. The van der Waals surface area contributed by atoms with Gasteiger partial charge in [-0.2, -0.15) is 5.10 Å². The minimum absolute atomic E-state index is 0.129. The maximum atomic E-state index is 13.2. The van der Waals surface area contributed by atoms with Gasteiger partial charge in [0.1, 0.15) is 5.69 Å². The van der Waals surface area contributed by atoms with Crippen LogP contribution in [0.2, 0.25) is 0 Å². The molecule has 0 radical (unpaired) electrons. The zero-order chi connectivity index (χ0) is 19.6. The first kappa shape index (κ1) is 18.9. The van der Waals surface area contributed by atoms with E-state index in [1.807, 2.05) is 0 Å². The Labute approximate surface area is 155 Å². The standard InChI is InChI=1S/C18H15F2N3O3S/c19-17(20)15-9-16(12-3-1-11(2-4-12)10-27(25)26)23(22-15)14-7-5-13(6-8-14)18(21)24/h1-9,17H,10H2,(H2,21,24)(H,25,26)/p-1. The second-order valence-corrected chi connectivity index (χ2v) is 6.62. The molecule has 27 heavy (non-hydrogen) atoms. The number of hydrogen-bond donors (Lipinski definition) is 1. The van der Waals surface area contributed by atoms with E-state index >= 15 is 0 Å². The first-order chi connectivity index (χ1) is 12.8. The number of alkyl halides is 2. The van der Waals surface area contributed by atoms with Gasteiger partial charge in [0.15, 0.2) is 0 Å². The third kappa shape index (κ3) is 4.26. The number of amides is 1. The van der Waals surface area contributed by atoms with E-state index in [1.165, 1.54) is 22.9 Å². The van der Waals surface area contributed by atoms with Crippen LogP contribution in [0.15, 0.2) is 54.6 Å². The number of halogens is 2. The maximum absolute atomic E-state index is 13.2. The molecule has 1 aromatic heterocycles. The molecular formula is C18H14F2N3O3S-. The Hall–Kier alpha value is -2.91. The fourth-order valence-corrected chi connectivity index (χ4v) is 3.05. The van der Waals surface area contributed by atoms with E-state index in [0.717, 1.165) is 0 Å². The van der Waals surface area contributed by atoms with Crippen LogP contribution >= 0.6 is 0 Å². The maximum Gasteiger partial charge on any atom is 0.282 e. The fourth-order valence-electron chi connectivity index (χ4n) is 2.58. The van der Waals surface area contributed by atoms with Crippen LogP contribution in [0.5, 0.6) is 0 Å². The van der Waals surface area contributed by atoms with E-state index in [0.29, 0.717) is 22.5 Å². The third-order valence-corrected chi connectivity index (χ3v) is 4.45. The molecule has 1 heterocycles. The fraction of sp³-hybridized carbons (Fsp3) is 0.111. The van der Waals surface area contributed by atoms with Gasteiger partial charge in [-0.1, -0.05) is 35.3 Å². The number of nitrogens with zero attached hydrogens (tertiary/aromatic N) is 2. The third-order valence-electron chi connectivity index (χ3n) is 3.88. The highest BCUT2D eigenvalue weighted by Gasteiger charge is 2.18. The number of carbonyl (C=O) groups is 1. The molecule has 0 fully saturated rings. The van der Waals surface area contributed by atoms with Crippen LogP contribution in [0.4, 0.5) is 8.78 Å². The Bertz CT molecular complexity index is 986. The molecule has 0 aliphatic carbocycles. The lowest BCUT2D eigenvalue weighted by atomic mass is 10.1. The van der Waals surface area contributed by atoms with Crippen LogP contribution in [-0.4, -0.2) is 24.4 Å². The number of primary amides is 1. The minimum Gasteiger partial charge on any atom is -0.772 e. The Morgan fingerprint density at radius 2 is 1.78 bits per heavy atom. The molecule has 0 aliphatic heterocycles. The summed E-state index contributed by atoms with van der Waals surface area (Å²) in [4.78, 5) is 11.2.